The maximum Gasteiger partial charge on any atom is 0.194 e. The normalized spacial score (nSPS) is 10.6. The van der Waals surface area contributed by atoms with Gasteiger partial charge in [-0.1, -0.05) is 18.2 Å². The summed E-state index contributed by atoms with van der Waals surface area (Å²) in [5.41, 5.74) is 2.23. The molecule has 1 N–H and O–H groups in total. The third kappa shape index (κ3) is 2.45. The number of phenolic OH excluding ortho intramolecular Hbond substituents is 1. The number of phenols is 1. The van der Waals surface area contributed by atoms with Crippen molar-refractivity contribution in [3.05, 3.63) is 60.7 Å². The molecule has 106 valence electrons. The standard InChI is InChI=1S/C16H13FN2O2/c1-21-15-8-11(7-14(17)16(15)20)12-9-18-19(10-12)13-5-3-2-4-6-13/h2-10,20H,1H3. The van der Waals surface area contributed by atoms with Crippen LogP contribution >= 0.6 is 0 Å². The lowest BCUT2D eigenvalue weighted by atomic mass is 10.1. The minimum Gasteiger partial charge on any atom is -0.502 e. The Bertz CT molecular complexity index is 769. The molecule has 0 aliphatic rings. The number of halogens is 1. The molecule has 21 heavy (non-hydrogen) atoms. The number of rotatable bonds is 3. The summed E-state index contributed by atoms with van der Waals surface area (Å²) >= 11 is 0. The predicted molar refractivity (Wildman–Crippen MR) is 77.2 cm³/mol. The van der Waals surface area contributed by atoms with Crippen LogP contribution < -0.4 is 4.74 Å². The molecule has 1 heterocycles. The van der Waals surface area contributed by atoms with Crippen LogP contribution in [0.5, 0.6) is 11.5 Å². The van der Waals surface area contributed by atoms with Gasteiger partial charge in [0.15, 0.2) is 17.3 Å². The quantitative estimate of drug-likeness (QED) is 0.802. The van der Waals surface area contributed by atoms with Crippen molar-refractivity contribution in [2.45, 2.75) is 0 Å². The highest BCUT2D eigenvalue weighted by atomic mass is 19.1. The zero-order valence-corrected chi connectivity index (χ0v) is 11.3. The molecule has 0 unspecified atom stereocenters. The molecule has 0 aliphatic carbocycles. The molecule has 5 heteroatoms. The number of para-hydroxylation sites is 1. The summed E-state index contributed by atoms with van der Waals surface area (Å²) in [6.45, 7) is 0. The van der Waals surface area contributed by atoms with E-state index < -0.39 is 11.6 Å². The van der Waals surface area contributed by atoms with E-state index >= 15 is 0 Å². The summed E-state index contributed by atoms with van der Waals surface area (Å²) in [5.74, 6) is -1.12. The fourth-order valence-corrected chi connectivity index (χ4v) is 2.09. The van der Waals surface area contributed by atoms with E-state index in [9.17, 15) is 9.50 Å². The van der Waals surface area contributed by atoms with Crippen molar-refractivity contribution in [3.63, 3.8) is 0 Å². The van der Waals surface area contributed by atoms with Gasteiger partial charge >= 0.3 is 0 Å². The van der Waals surface area contributed by atoms with Crippen molar-refractivity contribution >= 4 is 0 Å². The van der Waals surface area contributed by atoms with Gasteiger partial charge in [0.1, 0.15) is 0 Å². The molecule has 0 bridgehead atoms. The van der Waals surface area contributed by atoms with Crippen LogP contribution in [-0.2, 0) is 0 Å². The van der Waals surface area contributed by atoms with Crippen molar-refractivity contribution in [1.82, 2.24) is 9.78 Å². The average molecular weight is 284 g/mol. The van der Waals surface area contributed by atoms with Gasteiger partial charge in [0.05, 0.1) is 19.0 Å². The van der Waals surface area contributed by atoms with E-state index in [1.807, 2.05) is 30.3 Å². The van der Waals surface area contributed by atoms with Gasteiger partial charge in [-0.25, -0.2) is 9.07 Å². The second-order valence-corrected chi connectivity index (χ2v) is 4.52. The summed E-state index contributed by atoms with van der Waals surface area (Å²) in [6.07, 6.45) is 3.43. The van der Waals surface area contributed by atoms with Gasteiger partial charge in [-0.05, 0) is 29.8 Å². The molecule has 0 radical (unpaired) electrons. The molecule has 4 nitrogen and oxygen atoms in total. The molecule has 3 aromatic rings. The third-order valence-corrected chi connectivity index (χ3v) is 3.19. The Labute approximate surface area is 121 Å². The number of hydrogen-bond donors (Lipinski definition) is 1. The lowest BCUT2D eigenvalue weighted by molar-refractivity contribution is 0.357. The molecular weight excluding hydrogens is 271 g/mol. The summed E-state index contributed by atoms with van der Waals surface area (Å²) < 4.78 is 20.3. The van der Waals surface area contributed by atoms with Crippen LogP contribution in [0.3, 0.4) is 0 Å². The highest BCUT2D eigenvalue weighted by Crippen LogP contribution is 2.34. The summed E-state index contributed by atoms with van der Waals surface area (Å²) in [5, 5.41) is 13.8. The van der Waals surface area contributed by atoms with E-state index in [0.29, 0.717) is 5.56 Å². The van der Waals surface area contributed by atoms with Crippen molar-refractivity contribution < 1.29 is 14.2 Å². The maximum absolute atomic E-state index is 13.7. The minimum atomic E-state index is -0.725. The number of aromatic hydroxyl groups is 1. The molecule has 3 rings (SSSR count). The van der Waals surface area contributed by atoms with Crippen LogP contribution in [0.15, 0.2) is 54.9 Å². The Morgan fingerprint density at radius 2 is 1.90 bits per heavy atom. The number of aromatic nitrogens is 2. The molecule has 0 amide bonds. The van der Waals surface area contributed by atoms with Crippen LogP contribution in [0.1, 0.15) is 0 Å². The predicted octanol–water partition coefficient (Wildman–Crippen LogP) is 3.39. The minimum absolute atomic E-state index is 0.0949. The second-order valence-electron chi connectivity index (χ2n) is 4.52. The van der Waals surface area contributed by atoms with Gasteiger partial charge in [-0.2, -0.15) is 5.10 Å². The first-order valence-corrected chi connectivity index (χ1v) is 6.36. The van der Waals surface area contributed by atoms with Crippen LogP contribution in [-0.4, -0.2) is 22.0 Å². The van der Waals surface area contributed by atoms with Crippen molar-refractivity contribution in [1.29, 1.82) is 0 Å². The molecule has 0 atom stereocenters. The molecule has 2 aromatic carbocycles. The lowest BCUT2D eigenvalue weighted by Gasteiger charge is -2.06. The Balaban J connectivity index is 2.03. The van der Waals surface area contributed by atoms with E-state index in [4.69, 9.17) is 4.74 Å². The number of nitrogens with zero attached hydrogens (tertiary/aromatic N) is 2. The van der Waals surface area contributed by atoms with Gasteiger partial charge in [0.25, 0.3) is 0 Å². The van der Waals surface area contributed by atoms with Crippen molar-refractivity contribution in [2.75, 3.05) is 7.11 Å². The van der Waals surface area contributed by atoms with E-state index in [1.165, 1.54) is 13.2 Å². The first-order chi connectivity index (χ1) is 10.2. The van der Waals surface area contributed by atoms with Crippen LogP contribution in [0.2, 0.25) is 0 Å². The number of ether oxygens (including phenoxy) is 1. The van der Waals surface area contributed by atoms with Gasteiger partial charge < -0.3 is 9.84 Å². The highest BCUT2D eigenvalue weighted by Gasteiger charge is 2.12. The summed E-state index contributed by atoms with van der Waals surface area (Å²) in [4.78, 5) is 0. The molecule has 1 aromatic heterocycles. The number of hydrogen-bond acceptors (Lipinski definition) is 3. The summed E-state index contributed by atoms with van der Waals surface area (Å²) in [6, 6.07) is 12.4. The monoisotopic (exact) mass is 284 g/mol. The fraction of sp³-hybridized carbons (Fsp3) is 0.0625. The van der Waals surface area contributed by atoms with Crippen molar-refractivity contribution in [3.8, 4) is 28.3 Å². The molecule has 0 saturated carbocycles. The molecule has 0 aliphatic heterocycles. The average Bonchev–Trinajstić information content (AvgIpc) is 3.00. The van der Waals surface area contributed by atoms with E-state index in [-0.39, 0.29) is 5.75 Å². The van der Waals surface area contributed by atoms with Gasteiger partial charge in [0, 0.05) is 11.8 Å². The molecule has 0 fully saturated rings. The van der Waals surface area contributed by atoms with E-state index in [0.717, 1.165) is 11.3 Å². The Morgan fingerprint density at radius 1 is 1.14 bits per heavy atom. The zero-order valence-electron chi connectivity index (χ0n) is 11.3. The molecule has 0 spiro atoms. The fourth-order valence-electron chi connectivity index (χ4n) is 2.09. The third-order valence-electron chi connectivity index (χ3n) is 3.19. The van der Waals surface area contributed by atoms with Crippen LogP contribution in [0.25, 0.3) is 16.8 Å². The molecule has 0 saturated heterocycles. The van der Waals surface area contributed by atoms with Gasteiger partial charge in [-0.3, -0.25) is 0 Å². The molecular formula is C16H13FN2O2. The Kier molecular flexibility index (Phi) is 3.31. The number of benzene rings is 2. The van der Waals surface area contributed by atoms with Gasteiger partial charge in [0.2, 0.25) is 0 Å². The maximum atomic E-state index is 13.7. The SMILES string of the molecule is COc1cc(-c2cnn(-c3ccccc3)c2)cc(F)c1O. The van der Waals surface area contributed by atoms with E-state index in [1.54, 1.807) is 23.1 Å². The highest BCUT2D eigenvalue weighted by molar-refractivity contribution is 5.66. The topological polar surface area (TPSA) is 47.3 Å². The lowest BCUT2D eigenvalue weighted by Crippen LogP contribution is -1.92. The first-order valence-electron chi connectivity index (χ1n) is 6.36. The second kappa shape index (κ2) is 5.28. The van der Waals surface area contributed by atoms with Crippen LogP contribution in [0, 0.1) is 5.82 Å². The van der Waals surface area contributed by atoms with E-state index in [2.05, 4.69) is 5.10 Å². The number of methoxy groups -OCH3 is 1. The Morgan fingerprint density at radius 3 is 2.62 bits per heavy atom. The van der Waals surface area contributed by atoms with Crippen LogP contribution in [0.4, 0.5) is 4.39 Å². The first kappa shape index (κ1) is 13.2. The zero-order chi connectivity index (χ0) is 14.8. The largest absolute Gasteiger partial charge is 0.502 e. The smallest absolute Gasteiger partial charge is 0.194 e. The Hall–Kier alpha value is -2.82. The summed E-state index contributed by atoms with van der Waals surface area (Å²) in [7, 11) is 1.38. The van der Waals surface area contributed by atoms with Gasteiger partial charge in [-0.15, -0.1) is 0 Å². The van der Waals surface area contributed by atoms with Crippen molar-refractivity contribution in [2.24, 2.45) is 0 Å².